The van der Waals surface area contributed by atoms with Gasteiger partial charge in [0.2, 0.25) is 0 Å². The maximum Gasteiger partial charge on any atom is 0.123 e. The van der Waals surface area contributed by atoms with Gasteiger partial charge in [-0.2, -0.15) is 0 Å². The van der Waals surface area contributed by atoms with E-state index >= 15 is 0 Å². The van der Waals surface area contributed by atoms with Gasteiger partial charge in [0, 0.05) is 11.3 Å². The zero-order chi connectivity index (χ0) is 15.4. The molecule has 22 heavy (non-hydrogen) atoms. The van der Waals surface area contributed by atoms with Crippen molar-refractivity contribution in [2.45, 2.75) is 17.7 Å². The molecule has 0 unspecified atom stereocenters. The normalized spacial score (nSPS) is 10.6. The molecule has 2 nitrogen and oxygen atoms in total. The maximum absolute atomic E-state index is 12.9. The molecular formula is C18H15FN2S. The van der Waals surface area contributed by atoms with Crippen LogP contribution < -0.4 is 0 Å². The zero-order valence-corrected chi connectivity index (χ0v) is 13.0. The Morgan fingerprint density at radius 1 is 0.909 bits per heavy atom. The van der Waals surface area contributed by atoms with E-state index in [1.54, 1.807) is 23.9 Å². The summed E-state index contributed by atoms with van der Waals surface area (Å²) in [6, 6.07) is 18.6. The fraction of sp³-hybridized carbons (Fsp3) is 0.111. The van der Waals surface area contributed by atoms with Crippen molar-refractivity contribution in [1.82, 2.24) is 10.2 Å². The van der Waals surface area contributed by atoms with Crippen LogP contribution in [-0.4, -0.2) is 10.2 Å². The summed E-state index contributed by atoms with van der Waals surface area (Å²) < 4.78 is 12.9. The fourth-order valence-electron chi connectivity index (χ4n) is 2.14. The molecule has 0 saturated heterocycles. The lowest BCUT2D eigenvalue weighted by Gasteiger charge is -2.05. The Balaban J connectivity index is 1.69. The van der Waals surface area contributed by atoms with Crippen LogP contribution in [0.1, 0.15) is 11.1 Å². The molecule has 0 aliphatic heterocycles. The van der Waals surface area contributed by atoms with Gasteiger partial charge in [0.25, 0.3) is 0 Å². The monoisotopic (exact) mass is 310 g/mol. The number of rotatable bonds is 4. The number of hydrogen-bond donors (Lipinski definition) is 0. The topological polar surface area (TPSA) is 25.8 Å². The van der Waals surface area contributed by atoms with Crippen LogP contribution >= 0.6 is 11.8 Å². The molecule has 2 aromatic carbocycles. The highest BCUT2D eigenvalue weighted by Gasteiger charge is 2.04. The van der Waals surface area contributed by atoms with Gasteiger partial charge in [-0.3, -0.25) is 0 Å². The van der Waals surface area contributed by atoms with Gasteiger partial charge in [-0.05, 0) is 42.3 Å². The van der Waals surface area contributed by atoms with Gasteiger partial charge in [-0.15, -0.1) is 10.2 Å². The van der Waals surface area contributed by atoms with Crippen LogP contribution in [-0.2, 0) is 5.75 Å². The molecule has 0 bridgehead atoms. The highest BCUT2D eigenvalue weighted by atomic mass is 32.2. The molecule has 0 aliphatic carbocycles. The molecule has 1 aromatic heterocycles. The quantitative estimate of drug-likeness (QED) is 0.642. The van der Waals surface area contributed by atoms with Crippen molar-refractivity contribution in [2.24, 2.45) is 0 Å². The van der Waals surface area contributed by atoms with Crippen LogP contribution in [0.3, 0.4) is 0 Å². The first-order valence-electron chi connectivity index (χ1n) is 6.99. The third kappa shape index (κ3) is 3.52. The third-order valence-electron chi connectivity index (χ3n) is 3.36. The summed E-state index contributed by atoms with van der Waals surface area (Å²) in [5.41, 5.74) is 4.23. The number of thioether (sulfide) groups is 1. The van der Waals surface area contributed by atoms with Crippen LogP contribution in [0.15, 0.2) is 65.7 Å². The molecule has 0 atom stereocenters. The molecule has 0 spiro atoms. The third-order valence-corrected chi connectivity index (χ3v) is 4.35. The first-order chi connectivity index (χ1) is 10.7. The van der Waals surface area contributed by atoms with E-state index in [-0.39, 0.29) is 5.82 Å². The molecule has 0 fully saturated rings. The van der Waals surface area contributed by atoms with E-state index in [9.17, 15) is 4.39 Å². The summed E-state index contributed by atoms with van der Waals surface area (Å²) >= 11 is 1.59. The van der Waals surface area contributed by atoms with E-state index in [1.807, 2.05) is 30.3 Å². The number of hydrogen-bond acceptors (Lipinski definition) is 3. The first-order valence-corrected chi connectivity index (χ1v) is 7.98. The predicted molar refractivity (Wildman–Crippen MR) is 88.2 cm³/mol. The molecule has 0 amide bonds. The Bertz CT molecular complexity index is 755. The predicted octanol–water partition coefficient (Wildman–Crippen LogP) is 4.88. The molecule has 0 saturated carbocycles. The van der Waals surface area contributed by atoms with Gasteiger partial charge in [0.1, 0.15) is 10.8 Å². The highest BCUT2D eigenvalue weighted by molar-refractivity contribution is 7.98. The molecule has 110 valence electrons. The molecule has 0 radical (unpaired) electrons. The van der Waals surface area contributed by atoms with Crippen molar-refractivity contribution < 1.29 is 4.39 Å². The molecular weight excluding hydrogens is 295 g/mol. The van der Waals surface area contributed by atoms with Crippen LogP contribution in [0, 0.1) is 12.7 Å². The molecule has 1 heterocycles. The number of aryl methyl sites for hydroxylation is 1. The van der Waals surface area contributed by atoms with E-state index in [1.165, 1.54) is 17.7 Å². The van der Waals surface area contributed by atoms with E-state index < -0.39 is 0 Å². The van der Waals surface area contributed by atoms with Gasteiger partial charge >= 0.3 is 0 Å². The van der Waals surface area contributed by atoms with Crippen LogP contribution in [0.2, 0.25) is 0 Å². The molecule has 3 rings (SSSR count). The first kappa shape index (κ1) is 14.7. The summed E-state index contributed by atoms with van der Waals surface area (Å²) in [7, 11) is 0. The summed E-state index contributed by atoms with van der Waals surface area (Å²) in [6.45, 7) is 2.06. The summed E-state index contributed by atoms with van der Waals surface area (Å²) in [5, 5.41) is 9.44. The second kappa shape index (κ2) is 6.71. The number of aromatic nitrogens is 2. The van der Waals surface area contributed by atoms with Gasteiger partial charge in [0.15, 0.2) is 0 Å². The Kier molecular flexibility index (Phi) is 4.49. The van der Waals surface area contributed by atoms with E-state index in [0.717, 1.165) is 27.6 Å². The zero-order valence-electron chi connectivity index (χ0n) is 12.2. The smallest absolute Gasteiger partial charge is 0.123 e. The molecule has 0 N–H and O–H groups in total. The molecule has 4 heteroatoms. The fourth-order valence-corrected chi connectivity index (χ4v) is 2.91. The summed E-state index contributed by atoms with van der Waals surface area (Å²) in [5.74, 6) is 0.537. The minimum Gasteiger partial charge on any atom is -0.207 e. The maximum atomic E-state index is 12.9. The lowest BCUT2D eigenvalue weighted by molar-refractivity contribution is 0.627. The van der Waals surface area contributed by atoms with E-state index in [0.29, 0.717) is 0 Å². The van der Waals surface area contributed by atoms with Crippen molar-refractivity contribution in [2.75, 3.05) is 0 Å². The van der Waals surface area contributed by atoms with Crippen LogP contribution in [0.5, 0.6) is 0 Å². The average molecular weight is 310 g/mol. The summed E-state index contributed by atoms with van der Waals surface area (Å²) in [4.78, 5) is 0. The van der Waals surface area contributed by atoms with E-state index in [2.05, 4.69) is 23.2 Å². The van der Waals surface area contributed by atoms with Gasteiger partial charge in [-0.1, -0.05) is 48.2 Å². The Labute approximate surface area is 133 Å². The Hall–Kier alpha value is -2.20. The number of benzene rings is 2. The van der Waals surface area contributed by atoms with Crippen LogP contribution in [0.25, 0.3) is 11.3 Å². The lowest BCUT2D eigenvalue weighted by atomic mass is 10.1. The average Bonchev–Trinajstić information content (AvgIpc) is 2.55. The Morgan fingerprint density at radius 2 is 1.68 bits per heavy atom. The van der Waals surface area contributed by atoms with Crippen molar-refractivity contribution in [3.63, 3.8) is 0 Å². The largest absolute Gasteiger partial charge is 0.207 e. The number of halogens is 1. The minimum absolute atomic E-state index is 0.212. The van der Waals surface area contributed by atoms with Gasteiger partial charge in [-0.25, -0.2) is 4.39 Å². The standard InChI is InChI=1S/C18H15FN2S/c1-13-4-2-3-5-16(13)17-10-11-18(21-20-17)22-12-14-6-8-15(19)9-7-14/h2-11H,12H2,1H3. The van der Waals surface area contributed by atoms with Crippen molar-refractivity contribution in [1.29, 1.82) is 0 Å². The molecule has 3 aromatic rings. The second-order valence-electron chi connectivity index (χ2n) is 4.99. The second-order valence-corrected chi connectivity index (χ2v) is 5.98. The lowest BCUT2D eigenvalue weighted by Crippen LogP contribution is -1.91. The van der Waals surface area contributed by atoms with Crippen molar-refractivity contribution in [3.05, 3.63) is 77.6 Å². The SMILES string of the molecule is Cc1ccccc1-c1ccc(SCc2ccc(F)cc2)nn1. The van der Waals surface area contributed by atoms with Crippen molar-refractivity contribution >= 4 is 11.8 Å². The molecule has 0 aliphatic rings. The minimum atomic E-state index is -0.212. The van der Waals surface area contributed by atoms with E-state index in [4.69, 9.17) is 0 Å². The van der Waals surface area contributed by atoms with Gasteiger partial charge in [0.05, 0.1) is 5.69 Å². The van der Waals surface area contributed by atoms with Crippen molar-refractivity contribution in [3.8, 4) is 11.3 Å². The van der Waals surface area contributed by atoms with Crippen LogP contribution in [0.4, 0.5) is 4.39 Å². The Morgan fingerprint density at radius 3 is 2.36 bits per heavy atom. The van der Waals surface area contributed by atoms with Gasteiger partial charge < -0.3 is 0 Å². The summed E-state index contributed by atoms with van der Waals surface area (Å²) in [6.07, 6.45) is 0. The number of nitrogens with zero attached hydrogens (tertiary/aromatic N) is 2. The highest BCUT2D eigenvalue weighted by Crippen LogP contribution is 2.24.